The number of fused-ring (bicyclic) bond motifs is 3. The maximum atomic E-state index is 15.3. The zero-order chi connectivity index (χ0) is 34.8. The first-order chi connectivity index (χ1) is 25.0. The number of amides is 2. The Morgan fingerprint density at radius 3 is 2.22 bits per heavy atom. The fourth-order valence-corrected chi connectivity index (χ4v) is 8.22. The Hall–Kier alpha value is -5.46. The second-order valence-electron chi connectivity index (χ2n) is 14.0. The molecule has 51 heavy (non-hydrogen) atoms. The summed E-state index contributed by atoms with van der Waals surface area (Å²) in [6.45, 7) is 0.858. The number of benzene rings is 5. The van der Waals surface area contributed by atoms with E-state index in [2.05, 4.69) is 89.9 Å². The van der Waals surface area contributed by atoms with Gasteiger partial charge in [-0.2, -0.15) is 0 Å². The van der Waals surface area contributed by atoms with Crippen LogP contribution < -0.4 is 10.2 Å². The Bertz CT molecular complexity index is 2160. The molecule has 2 amide bonds. The number of aryl methyl sites for hydroxylation is 2. The van der Waals surface area contributed by atoms with E-state index in [1.165, 1.54) is 5.39 Å². The number of nitrogens with one attached hydrogen (secondary N) is 1. The molecule has 1 aromatic heterocycles. The van der Waals surface area contributed by atoms with Gasteiger partial charge in [-0.05, 0) is 88.7 Å². The molecule has 0 saturated heterocycles. The summed E-state index contributed by atoms with van der Waals surface area (Å²) in [5, 5.41) is 4.62. The highest BCUT2D eigenvalue weighted by Crippen LogP contribution is 2.52. The van der Waals surface area contributed by atoms with Crippen LogP contribution in [0.1, 0.15) is 47.9 Å². The van der Waals surface area contributed by atoms with E-state index in [9.17, 15) is 4.79 Å². The normalized spacial score (nSPS) is 19.8. The van der Waals surface area contributed by atoms with Crippen LogP contribution in [0.5, 0.6) is 0 Å². The predicted octanol–water partition coefficient (Wildman–Crippen LogP) is 8.52. The quantitative estimate of drug-likeness (QED) is 0.159. The summed E-state index contributed by atoms with van der Waals surface area (Å²) in [6, 6.07) is 44.9. The number of ether oxygens (including phenoxy) is 1. The van der Waals surface area contributed by atoms with Crippen LogP contribution >= 0.6 is 0 Å². The lowest BCUT2D eigenvalue weighted by Gasteiger charge is -2.45. The molecule has 1 N–H and O–H groups in total. The van der Waals surface area contributed by atoms with E-state index < -0.39 is 11.5 Å². The van der Waals surface area contributed by atoms with Gasteiger partial charge in [-0.25, -0.2) is 0 Å². The van der Waals surface area contributed by atoms with Crippen molar-refractivity contribution < 1.29 is 14.3 Å². The van der Waals surface area contributed by atoms with Crippen LogP contribution in [0, 0.1) is 0 Å². The lowest BCUT2D eigenvalue weighted by molar-refractivity contribution is -0.133. The van der Waals surface area contributed by atoms with E-state index in [4.69, 9.17) is 4.74 Å². The third-order valence-corrected chi connectivity index (χ3v) is 10.9. The first kappa shape index (κ1) is 32.7. The van der Waals surface area contributed by atoms with Crippen molar-refractivity contribution in [3.63, 3.8) is 0 Å². The van der Waals surface area contributed by atoms with Gasteiger partial charge in [-0.3, -0.25) is 9.59 Å². The van der Waals surface area contributed by atoms with E-state index in [1.54, 1.807) is 0 Å². The summed E-state index contributed by atoms with van der Waals surface area (Å²) in [4.78, 5) is 31.2. The van der Waals surface area contributed by atoms with Crippen molar-refractivity contribution in [1.82, 2.24) is 9.88 Å². The molecule has 1 spiro atoms. The number of rotatable bonds is 10. The van der Waals surface area contributed by atoms with E-state index in [0.29, 0.717) is 32.4 Å². The van der Waals surface area contributed by atoms with Crippen LogP contribution in [0.4, 0.5) is 5.69 Å². The average molecular weight is 674 g/mol. The highest BCUT2D eigenvalue weighted by molar-refractivity contribution is 6.09. The minimum absolute atomic E-state index is 0.0257. The molecule has 0 bridgehead atoms. The molecule has 1 aliphatic heterocycles. The van der Waals surface area contributed by atoms with Crippen molar-refractivity contribution in [3.05, 3.63) is 162 Å². The van der Waals surface area contributed by atoms with E-state index >= 15 is 4.79 Å². The largest absolute Gasteiger partial charge is 0.371 e. The highest BCUT2D eigenvalue weighted by Gasteiger charge is 2.59. The minimum atomic E-state index is -0.989. The molecule has 1 aliphatic carbocycles. The molecular formula is C45H43N3O3. The smallest absolute Gasteiger partial charge is 0.240 e. The molecule has 2 aliphatic rings. The number of nitrogens with zero attached hydrogens (tertiary/aromatic N) is 2. The molecule has 6 heteroatoms. The van der Waals surface area contributed by atoms with Gasteiger partial charge < -0.3 is 19.5 Å². The maximum absolute atomic E-state index is 15.3. The van der Waals surface area contributed by atoms with Gasteiger partial charge in [0, 0.05) is 30.9 Å². The lowest BCUT2D eigenvalue weighted by Crippen LogP contribution is -2.63. The van der Waals surface area contributed by atoms with Crippen molar-refractivity contribution in [3.8, 4) is 11.1 Å². The molecule has 8 rings (SSSR count). The Labute approximate surface area is 299 Å². The second kappa shape index (κ2) is 14.0. The van der Waals surface area contributed by atoms with Gasteiger partial charge in [-0.15, -0.1) is 0 Å². The van der Waals surface area contributed by atoms with E-state index in [0.717, 1.165) is 57.4 Å². The number of carbonyl (C=O) groups is 2. The van der Waals surface area contributed by atoms with Gasteiger partial charge in [0.05, 0.1) is 30.7 Å². The second-order valence-corrected chi connectivity index (χ2v) is 14.0. The van der Waals surface area contributed by atoms with Crippen LogP contribution in [0.15, 0.2) is 140 Å². The van der Waals surface area contributed by atoms with Crippen LogP contribution in [-0.4, -0.2) is 28.5 Å². The van der Waals surface area contributed by atoms with Gasteiger partial charge in [0.2, 0.25) is 11.8 Å². The number of carbonyl (C=O) groups excluding carboxylic acids is 2. The summed E-state index contributed by atoms with van der Waals surface area (Å²) >= 11 is 0. The minimum Gasteiger partial charge on any atom is -0.371 e. The molecule has 6 aromatic rings. The molecule has 256 valence electrons. The first-order valence-corrected chi connectivity index (χ1v) is 18.0. The molecule has 0 radical (unpaired) electrons. The van der Waals surface area contributed by atoms with Gasteiger partial charge in [0.1, 0.15) is 0 Å². The number of hydrogen-bond acceptors (Lipinski definition) is 3. The Balaban J connectivity index is 1.22. The first-order valence-electron chi connectivity index (χ1n) is 18.0. The Morgan fingerprint density at radius 2 is 1.47 bits per heavy atom. The van der Waals surface area contributed by atoms with Crippen LogP contribution in [-0.2, 0) is 46.4 Å². The third kappa shape index (κ3) is 6.36. The number of hydrogen-bond donors (Lipinski definition) is 1. The molecule has 1 saturated carbocycles. The third-order valence-electron chi connectivity index (χ3n) is 10.9. The van der Waals surface area contributed by atoms with Crippen LogP contribution in [0.3, 0.4) is 0 Å². The Kier molecular flexibility index (Phi) is 9.01. The summed E-state index contributed by atoms with van der Waals surface area (Å²) in [7, 11) is 2.06. The van der Waals surface area contributed by atoms with Gasteiger partial charge >= 0.3 is 0 Å². The van der Waals surface area contributed by atoms with Gasteiger partial charge in [-0.1, -0.05) is 109 Å². The SMILES string of the molecule is Cn1ccc2ccc(-c3ccc4c(c3)[C@]3(CCC[C@@H](OCc5ccccc5)[C@@H]3NC(=O)CCc3ccccc3)C(=O)N4Cc3ccccc3)cc21. The van der Waals surface area contributed by atoms with Gasteiger partial charge in [0.25, 0.3) is 0 Å². The topological polar surface area (TPSA) is 63.6 Å². The van der Waals surface area contributed by atoms with Gasteiger partial charge in [0.15, 0.2) is 0 Å². The monoisotopic (exact) mass is 673 g/mol. The van der Waals surface area contributed by atoms with Crippen molar-refractivity contribution in [2.75, 3.05) is 4.90 Å². The van der Waals surface area contributed by atoms with Crippen molar-refractivity contribution in [1.29, 1.82) is 0 Å². The average Bonchev–Trinajstić information content (AvgIpc) is 3.65. The predicted molar refractivity (Wildman–Crippen MR) is 203 cm³/mol. The molecule has 1 fully saturated rings. The maximum Gasteiger partial charge on any atom is 0.240 e. The fourth-order valence-electron chi connectivity index (χ4n) is 8.22. The molecule has 5 aromatic carbocycles. The van der Waals surface area contributed by atoms with Crippen molar-refractivity contribution in [2.45, 2.75) is 62.8 Å². The zero-order valence-electron chi connectivity index (χ0n) is 29.0. The summed E-state index contributed by atoms with van der Waals surface area (Å²) < 4.78 is 8.86. The molecule has 0 unspecified atom stereocenters. The fraction of sp³-hybridized carbons (Fsp3) is 0.244. The van der Waals surface area contributed by atoms with Crippen molar-refractivity contribution in [2.24, 2.45) is 7.05 Å². The van der Waals surface area contributed by atoms with E-state index in [1.807, 2.05) is 71.6 Å². The van der Waals surface area contributed by atoms with Crippen molar-refractivity contribution >= 4 is 28.4 Å². The number of aromatic nitrogens is 1. The summed E-state index contributed by atoms with van der Waals surface area (Å²) in [6.07, 6.45) is 4.86. The molecule has 6 nitrogen and oxygen atoms in total. The molecular weight excluding hydrogens is 631 g/mol. The number of anilines is 1. The Morgan fingerprint density at radius 1 is 0.804 bits per heavy atom. The standard InChI is InChI=1S/C45H43N3O3/c1-47-27-25-35-20-21-37(29-40(35)47)36-22-23-39-38(28-36)45(44(50)48(39)30-33-14-7-3-8-15-33)26-11-18-41(51-31-34-16-9-4-10-17-34)43(45)46-42(49)24-19-32-12-5-2-6-13-32/h2-10,12-17,20-23,25,27-29,41,43H,11,18-19,24,26,30-31H2,1H3,(H,46,49)/t41-,43+,45+/m1/s1. The zero-order valence-corrected chi connectivity index (χ0v) is 29.0. The summed E-state index contributed by atoms with van der Waals surface area (Å²) in [5.74, 6) is -0.0441. The van der Waals surface area contributed by atoms with E-state index in [-0.39, 0.29) is 17.9 Å². The van der Waals surface area contributed by atoms with Crippen LogP contribution in [0.25, 0.3) is 22.0 Å². The lowest BCUT2D eigenvalue weighted by atomic mass is 9.65. The molecule has 3 atom stereocenters. The summed E-state index contributed by atoms with van der Waals surface area (Å²) in [5.41, 5.74) is 7.40. The highest BCUT2D eigenvalue weighted by atomic mass is 16.5. The van der Waals surface area contributed by atoms with Crippen LogP contribution in [0.2, 0.25) is 0 Å². The molecule has 2 heterocycles.